The molecule has 7 nitrogen and oxygen atoms in total. The molecule has 22 heavy (non-hydrogen) atoms. The molecule has 9 heteroatoms. The van der Waals surface area contributed by atoms with Crippen LogP contribution in [0.5, 0.6) is 0 Å². The highest BCUT2D eigenvalue weighted by Gasteiger charge is 2.27. The zero-order valence-electron chi connectivity index (χ0n) is 12.8. The molecule has 1 aromatic heterocycles. The molecule has 124 valence electrons. The van der Waals surface area contributed by atoms with E-state index in [-0.39, 0.29) is 18.5 Å². The Morgan fingerprint density at radius 2 is 1.82 bits per heavy atom. The Labute approximate surface area is 130 Å². The first-order valence-corrected chi connectivity index (χ1v) is 8.81. The van der Waals surface area contributed by atoms with Crippen LogP contribution in [0, 0.1) is 5.82 Å². The Bertz CT molecular complexity index is 571. The van der Waals surface area contributed by atoms with Crippen LogP contribution < -0.4 is 4.90 Å². The van der Waals surface area contributed by atoms with Gasteiger partial charge in [-0.05, 0) is 13.8 Å². The van der Waals surface area contributed by atoms with Gasteiger partial charge in [-0.25, -0.2) is 22.8 Å². The predicted octanol–water partition coefficient (Wildman–Crippen LogP) is 0.492. The summed E-state index contributed by atoms with van der Waals surface area (Å²) in [5.41, 5.74) is 0. The van der Waals surface area contributed by atoms with Gasteiger partial charge in [-0.3, -0.25) is 0 Å². The van der Waals surface area contributed by atoms with Crippen molar-refractivity contribution < 1.29 is 17.5 Å². The number of hydrogen-bond donors (Lipinski definition) is 0. The number of nitrogens with zero attached hydrogens (tertiary/aromatic N) is 4. The zero-order chi connectivity index (χ0) is 16.2. The molecule has 0 unspecified atom stereocenters. The van der Waals surface area contributed by atoms with Gasteiger partial charge in [0.15, 0.2) is 5.82 Å². The molecular weight excluding hydrogens is 311 g/mol. The van der Waals surface area contributed by atoms with Gasteiger partial charge >= 0.3 is 0 Å². The number of anilines is 1. The third-order valence-electron chi connectivity index (χ3n) is 3.31. The second kappa shape index (κ2) is 7.30. The molecular formula is C13H21FN4O3S. The number of rotatable bonds is 6. The van der Waals surface area contributed by atoms with Crippen molar-refractivity contribution in [2.24, 2.45) is 0 Å². The molecule has 0 radical (unpaired) electrons. The molecule has 0 atom stereocenters. The molecule has 0 amide bonds. The van der Waals surface area contributed by atoms with Crippen molar-refractivity contribution in [2.45, 2.75) is 20.0 Å². The predicted molar refractivity (Wildman–Crippen MR) is 80.7 cm³/mol. The molecule has 1 aliphatic heterocycles. The lowest BCUT2D eigenvalue weighted by Gasteiger charge is -2.33. The quantitative estimate of drug-likeness (QED) is 0.755. The number of hydrogen-bond acceptors (Lipinski definition) is 6. The van der Waals surface area contributed by atoms with Gasteiger partial charge in [0.2, 0.25) is 16.0 Å². The van der Waals surface area contributed by atoms with Gasteiger partial charge in [-0.15, -0.1) is 0 Å². The largest absolute Gasteiger partial charge is 0.378 e. The van der Waals surface area contributed by atoms with Gasteiger partial charge < -0.3 is 9.64 Å². The zero-order valence-corrected chi connectivity index (χ0v) is 13.6. The van der Waals surface area contributed by atoms with Crippen LogP contribution in [-0.4, -0.2) is 67.3 Å². The maximum absolute atomic E-state index is 12.8. The lowest BCUT2D eigenvalue weighted by molar-refractivity contribution is 0.0906. The van der Waals surface area contributed by atoms with E-state index in [1.165, 1.54) is 4.31 Å². The summed E-state index contributed by atoms with van der Waals surface area (Å²) in [6, 6.07) is 0. The third kappa shape index (κ3) is 4.59. The summed E-state index contributed by atoms with van der Waals surface area (Å²) >= 11 is 0. The lowest BCUT2D eigenvalue weighted by atomic mass is 10.4. The number of halogens is 1. The fourth-order valence-corrected chi connectivity index (χ4v) is 3.44. The minimum atomic E-state index is -3.31. The highest BCUT2D eigenvalue weighted by Crippen LogP contribution is 2.13. The van der Waals surface area contributed by atoms with Gasteiger partial charge in [0.05, 0.1) is 30.9 Å². The second-order valence-corrected chi connectivity index (χ2v) is 7.41. The van der Waals surface area contributed by atoms with E-state index < -0.39 is 15.8 Å². The summed E-state index contributed by atoms with van der Waals surface area (Å²) in [7, 11) is -3.31. The van der Waals surface area contributed by atoms with E-state index >= 15 is 0 Å². The Morgan fingerprint density at radius 1 is 1.23 bits per heavy atom. The van der Waals surface area contributed by atoms with Crippen molar-refractivity contribution in [3.8, 4) is 0 Å². The summed E-state index contributed by atoms with van der Waals surface area (Å²) < 4.78 is 44.0. The molecule has 0 aromatic carbocycles. The fraction of sp³-hybridized carbons (Fsp3) is 0.692. The maximum Gasteiger partial charge on any atom is 0.225 e. The van der Waals surface area contributed by atoms with E-state index in [4.69, 9.17) is 4.74 Å². The van der Waals surface area contributed by atoms with Crippen LogP contribution in [0.1, 0.15) is 13.8 Å². The molecule has 2 heterocycles. The molecule has 1 aliphatic rings. The van der Waals surface area contributed by atoms with E-state index in [0.717, 1.165) is 12.4 Å². The van der Waals surface area contributed by atoms with E-state index in [9.17, 15) is 12.8 Å². The van der Waals surface area contributed by atoms with Crippen LogP contribution >= 0.6 is 0 Å². The Hall–Kier alpha value is -1.32. The first-order valence-electron chi connectivity index (χ1n) is 7.20. The molecule has 2 rings (SSSR count). The molecule has 0 aliphatic carbocycles. The first-order chi connectivity index (χ1) is 10.4. The number of ether oxygens (including phenoxy) is 1. The van der Waals surface area contributed by atoms with Crippen LogP contribution in [0.15, 0.2) is 12.4 Å². The van der Waals surface area contributed by atoms with Crippen molar-refractivity contribution in [2.75, 3.05) is 43.4 Å². The standard InChI is InChI=1S/C13H21FN4O3S/c1-11(2)21-7-8-22(19,20)18-5-3-17(4-6-18)13-15-9-12(14)10-16-13/h9-11H,3-8H2,1-2H3. The monoisotopic (exact) mass is 332 g/mol. The average molecular weight is 332 g/mol. The summed E-state index contributed by atoms with van der Waals surface area (Å²) in [6.07, 6.45) is 2.23. The molecule has 1 fully saturated rings. The molecule has 0 saturated carbocycles. The van der Waals surface area contributed by atoms with Gasteiger partial charge in [0.25, 0.3) is 0 Å². The number of piperazine rings is 1. The SMILES string of the molecule is CC(C)OCCS(=O)(=O)N1CCN(c2ncc(F)cn2)CC1. The molecule has 1 saturated heterocycles. The highest BCUT2D eigenvalue weighted by molar-refractivity contribution is 7.89. The van der Waals surface area contributed by atoms with Crippen LogP contribution in [0.4, 0.5) is 10.3 Å². The third-order valence-corrected chi connectivity index (χ3v) is 5.15. The van der Waals surface area contributed by atoms with Crippen molar-refractivity contribution in [1.82, 2.24) is 14.3 Å². The second-order valence-electron chi connectivity index (χ2n) is 5.32. The Balaban J connectivity index is 1.87. The van der Waals surface area contributed by atoms with Crippen molar-refractivity contribution in [3.63, 3.8) is 0 Å². The molecule has 0 N–H and O–H groups in total. The maximum atomic E-state index is 12.8. The van der Waals surface area contributed by atoms with Crippen molar-refractivity contribution in [1.29, 1.82) is 0 Å². The van der Waals surface area contributed by atoms with Gasteiger partial charge in [0, 0.05) is 26.2 Å². The van der Waals surface area contributed by atoms with Crippen molar-refractivity contribution >= 4 is 16.0 Å². The van der Waals surface area contributed by atoms with Crippen molar-refractivity contribution in [3.05, 3.63) is 18.2 Å². The smallest absolute Gasteiger partial charge is 0.225 e. The highest BCUT2D eigenvalue weighted by atomic mass is 32.2. The van der Waals surface area contributed by atoms with Gasteiger partial charge in [-0.1, -0.05) is 0 Å². The Morgan fingerprint density at radius 3 is 2.36 bits per heavy atom. The summed E-state index contributed by atoms with van der Waals surface area (Å²) in [5.74, 6) is -0.0881. The summed E-state index contributed by atoms with van der Waals surface area (Å²) in [5, 5.41) is 0. The summed E-state index contributed by atoms with van der Waals surface area (Å²) in [4.78, 5) is 9.66. The van der Waals surface area contributed by atoms with E-state index in [2.05, 4.69) is 9.97 Å². The molecule has 0 bridgehead atoms. The molecule has 1 aromatic rings. The Kier molecular flexibility index (Phi) is 5.65. The van der Waals surface area contributed by atoms with Crippen LogP contribution in [-0.2, 0) is 14.8 Å². The van der Waals surface area contributed by atoms with E-state index in [0.29, 0.717) is 32.1 Å². The first kappa shape index (κ1) is 17.0. The average Bonchev–Trinajstić information content (AvgIpc) is 2.47. The van der Waals surface area contributed by atoms with Crippen LogP contribution in [0.2, 0.25) is 0 Å². The van der Waals surface area contributed by atoms with Crippen LogP contribution in [0.3, 0.4) is 0 Å². The van der Waals surface area contributed by atoms with Gasteiger partial charge in [0.1, 0.15) is 0 Å². The van der Waals surface area contributed by atoms with E-state index in [1.807, 2.05) is 18.7 Å². The number of aromatic nitrogens is 2. The van der Waals surface area contributed by atoms with Gasteiger partial charge in [-0.2, -0.15) is 4.31 Å². The lowest BCUT2D eigenvalue weighted by Crippen LogP contribution is -2.50. The molecule has 0 spiro atoms. The number of sulfonamides is 1. The topological polar surface area (TPSA) is 75.6 Å². The fourth-order valence-electron chi connectivity index (χ4n) is 2.15. The minimum absolute atomic E-state index is 0.0156. The summed E-state index contributed by atoms with van der Waals surface area (Å²) in [6.45, 7) is 5.63. The van der Waals surface area contributed by atoms with E-state index in [1.54, 1.807) is 0 Å². The van der Waals surface area contributed by atoms with Crippen LogP contribution in [0.25, 0.3) is 0 Å². The normalized spacial score (nSPS) is 17.2. The minimum Gasteiger partial charge on any atom is -0.378 e.